The lowest BCUT2D eigenvalue weighted by Crippen LogP contribution is -2.05. The molecule has 2 aromatic heterocycles. The van der Waals surface area contributed by atoms with Crippen LogP contribution in [0.2, 0.25) is 0 Å². The number of aromatic nitrogens is 2. The predicted molar refractivity (Wildman–Crippen MR) is 83.4 cm³/mol. The van der Waals surface area contributed by atoms with Crippen LogP contribution in [0.5, 0.6) is 0 Å². The Morgan fingerprint density at radius 3 is 2.46 bits per heavy atom. The van der Waals surface area contributed by atoms with Crippen molar-refractivity contribution in [3.63, 3.8) is 0 Å². The summed E-state index contributed by atoms with van der Waals surface area (Å²) in [7, 11) is -3.45. The number of hydrogen-bond donors (Lipinski definition) is 0. The third kappa shape index (κ3) is 2.89. The molecule has 0 aliphatic heterocycles. The van der Waals surface area contributed by atoms with E-state index in [2.05, 4.69) is 4.98 Å². The molecule has 3 aromatic rings. The molecule has 0 fully saturated rings. The normalized spacial score (nSPS) is 12.7. The van der Waals surface area contributed by atoms with Gasteiger partial charge in [-0.1, -0.05) is 25.1 Å². The highest BCUT2D eigenvalue weighted by atomic mass is 32.2. The van der Waals surface area contributed by atoms with Gasteiger partial charge in [0.15, 0.2) is 15.5 Å². The summed E-state index contributed by atoms with van der Waals surface area (Å²) in [6, 6.07) is 9.41. The summed E-state index contributed by atoms with van der Waals surface area (Å²) in [5.74, 6) is -0.0600. The maximum Gasteiger partial charge on any atom is 0.434 e. The first-order valence-electron chi connectivity index (χ1n) is 7.10. The number of imidazole rings is 1. The SMILES string of the molecule is CCS(=O)(=O)c1ccccc1-c1ccc2nc(C(F)(F)F)cn2c1. The molecule has 3 rings (SSSR count). The number of rotatable bonds is 3. The quantitative estimate of drug-likeness (QED) is 0.719. The van der Waals surface area contributed by atoms with Crippen molar-refractivity contribution in [2.24, 2.45) is 0 Å². The summed E-state index contributed by atoms with van der Waals surface area (Å²) in [6.07, 6.45) is -2.20. The number of alkyl halides is 3. The standard InChI is InChI=1S/C16H13F3N2O2S/c1-2-24(22,23)13-6-4-3-5-12(13)11-7-8-15-20-14(16(17,18)19)10-21(15)9-11/h3-10H,2H2,1H3. The smallest absolute Gasteiger partial charge is 0.306 e. The Hall–Kier alpha value is -2.35. The van der Waals surface area contributed by atoms with Crippen LogP contribution < -0.4 is 0 Å². The third-order valence-electron chi connectivity index (χ3n) is 3.65. The van der Waals surface area contributed by atoms with Crippen LogP contribution in [0, 0.1) is 0 Å². The number of benzene rings is 1. The van der Waals surface area contributed by atoms with E-state index in [1.165, 1.54) is 22.7 Å². The van der Waals surface area contributed by atoms with Crippen molar-refractivity contribution in [3.05, 3.63) is 54.5 Å². The Kier molecular flexibility index (Phi) is 3.87. The van der Waals surface area contributed by atoms with Gasteiger partial charge >= 0.3 is 6.18 Å². The van der Waals surface area contributed by atoms with Crippen molar-refractivity contribution in [1.29, 1.82) is 0 Å². The van der Waals surface area contributed by atoms with Crippen LogP contribution in [0.15, 0.2) is 53.7 Å². The molecule has 0 aliphatic carbocycles. The van der Waals surface area contributed by atoms with E-state index < -0.39 is 21.7 Å². The fourth-order valence-corrected chi connectivity index (χ4v) is 3.54. The monoisotopic (exact) mass is 354 g/mol. The lowest BCUT2D eigenvalue weighted by atomic mass is 10.1. The Bertz CT molecular complexity index is 1010. The van der Waals surface area contributed by atoms with Crippen LogP contribution in [-0.4, -0.2) is 23.6 Å². The maximum absolute atomic E-state index is 12.8. The molecule has 24 heavy (non-hydrogen) atoms. The lowest BCUT2D eigenvalue weighted by Gasteiger charge is -2.09. The highest BCUT2D eigenvalue weighted by Gasteiger charge is 2.33. The molecule has 0 saturated carbocycles. The molecule has 0 amide bonds. The summed E-state index contributed by atoms with van der Waals surface area (Å²) in [4.78, 5) is 3.68. The molecule has 0 unspecified atom stereocenters. The van der Waals surface area contributed by atoms with Crippen LogP contribution in [-0.2, 0) is 16.0 Å². The Balaban J connectivity index is 2.18. The summed E-state index contributed by atoms with van der Waals surface area (Å²) in [5.41, 5.74) is 0.0979. The molecule has 8 heteroatoms. The van der Waals surface area contributed by atoms with Crippen LogP contribution in [0.25, 0.3) is 16.8 Å². The van der Waals surface area contributed by atoms with Gasteiger partial charge in [0.05, 0.1) is 10.6 Å². The molecule has 0 spiro atoms. The van der Waals surface area contributed by atoms with E-state index in [-0.39, 0.29) is 16.3 Å². The zero-order chi connectivity index (χ0) is 17.5. The fourth-order valence-electron chi connectivity index (χ4n) is 2.42. The molecular weight excluding hydrogens is 341 g/mol. The second kappa shape index (κ2) is 5.62. The van der Waals surface area contributed by atoms with Crippen molar-refractivity contribution < 1.29 is 21.6 Å². The molecule has 2 heterocycles. The minimum Gasteiger partial charge on any atom is -0.306 e. The second-order valence-corrected chi connectivity index (χ2v) is 7.45. The molecule has 0 saturated heterocycles. The highest BCUT2D eigenvalue weighted by molar-refractivity contribution is 7.91. The molecule has 0 bridgehead atoms. The van der Waals surface area contributed by atoms with Crippen molar-refractivity contribution in [2.45, 2.75) is 18.0 Å². The van der Waals surface area contributed by atoms with Gasteiger partial charge in [0, 0.05) is 18.0 Å². The summed E-state index contributed by atoms with van der Waals surface area (Å²) in [6.45, 7) is 1.54. The largest absolute Gasteiger partial charge is 0.434 e. The number of hydrogen-bond acceptors (Lipinski definition) is 3. The average Bonchev–Trinajstić information content (AvgIpc) is 2.98. The Morgan fingerprint density at radius 1 is 1.08 bits per heavy atom. The number of nitrogens with zero attached hydrogens (tertiary/aromatic N) is 2. The van der Waals surface area contributed by atoms with Gasteiger partial charge in [0.1, 0.15) is 5.65 Å². The number of sulfone groups is 1. The van der Waals surface area contributed by atoms with Gasteiger partial charge in [-0.05, 0) is 23.8 Å². The predicted octanol–water partition coefficient (Wildman–Crippen LogP) is 3.81. The van der Waals surface area contributed by atoms with E-state index in [1.807, 2.05) is 0 Å². The van der Waals surface area contributed by atoms with Gasteiger partial charge in [-0.15, -0.1) is 0 Å². The molecule has 4 nitrogen and oxygen atoms in total. The summed E-state index contributed by atoms with van der Waals surface area (Å²) < 4.78 is 64.0. The third-order valence-corrected chi connectivity index (χ3v) is 5.44. The summed E-state index contributed by atoms with van der Waals surface area (Å²) >= 11 is 0. The minimum absolute atomic E-state index is 0.0600. The topological polar surface area (TPSA) is 51.4 Å². The van der Waals surface area contributed by atoms with Gasteiger partial charge in [0.25, 0.3) is 0 Å². The lowest BCUT2D eigenvalue weighted by molar-refractivity contribution is -0.140. The van der Waals surface area contributed by atoms with E-state index in [0.29, 0.717) is 11.1 Å². The van der Waals surface area contributed by atoms with E-state index >= 15 is 0 Å². The van der Waals surface area contributed by atoms with E-state index in [9.17, 15) is 21.6 Å². The van der Waals surface area contributed by atoms with Gasteiger partial charge in [-0.3, -0.25) is 0 Å². The first kappa shape index (κ1) is 16.5. The zero-order valence-electron chi connectivity index (χ0n) is 12.6. The molecule has 126 valence electrons. The second-order valence-electron chi connectivity index (χ2n) is 5.21. The number of pyridine rings is 1. The minimum atomic E-state index is -4.53. The first-order chi connectivity index (χ1) is 11.2. The molecule has 1 aromatic carbocycles. The summed E-state index contributed by atoms with van der Waals surface area (Å²) in [5, 5.41) is 0. The molecular formula is C16H13F3N2O2S. The van der Waals surface area contributed by atoms with E-state index in [4.69, 9.17) is 0 Å². The van der Waals surface area contributed by atoms with E-state index in [1.54, 1.807) is 31.2 Å². The zero-order valence-corrected chi connectivity index (χ0v) is 13.4. The van der Waals surface area contributed by atoms with Gasteiger partial charge in [-0.25, -0.2) is 13.4 Å². The first-order valence-corrected chi connectivity index (χ1v) is 8.76. The van der Waals surface area contributed by atoms with Crippen molar-refractivity contribution >= 4 is 15.5 Å². The molecule has 0 atom stereocenters. The van der Waals surface area contributed by atoms with Crippen LogP contribution in [0.3, 0.4) is 0 Å². The average molecular weight is 354 g/mol. The van der Waals surface area contributed by atoms with Crippen LogP contribution >= 0.6 is 0 Å². The van der Waals surface area contributed by atoms with Crippen molar-refractivity contribution in [3.8, 4) is 11.1 Å². The Labute approximate surface area is 136 Å². The van der Waals surface area contributed by atoms with E-state index in [0.717, 1.165) is 6.20 Å². The highest BCUT2D eigenvalue weighted by Crippen LogP contribution is 2.31. The number of halogens is 3. The molecule has 0 radical (unpaired) electrons. The molecule has 0 N–H and O–H groups in total. The van der Waals surface area contributed by atoms with Gasteiger partial charge < -0.3 is 4.40 Å². The maximum atomic E-state index is 12.8. The van der Waals surface area contributed by atoms with Crippen molar-refractivity contribution in [2.75, 3.05) is 5.75 Å². The van der Waals surface area contributed by atoms with Crippen LogP contribution in [0.1, 0.15) is 12.6 Å². The molecule has 0 aliphatic rings. The van der Waals surface area contributed by atoms with Crippen molar-refractivity contribution in [1.82, 2.24) is 9.38 Å². The number of fused-ring (bicyclic) bond motifs is 1. The van der Waals surface area contributed by atoms with Gasteiger partial charge in [-0.2, -0.15) is 13.2 Å². The van der Waals surface area contributed by atoms with Gasteiger partial charge in [0.2, 0.25) is 0 Å². The fraction of sp³-hybridized carbons (Fsp3) is 0.188. The van der Waals surface area contributed by atoms with Crippen LogP contribution in [0.4, 0.5) is 13.2 Å². The Morgan fingerprint density at radius 2 is 1.79 bits per heavy atom.